The summed E-state index contributed by atoms with van der Waals surface area (Å²) in [4.78, 5) is 17.2. The highest BCUT2D eigenvalue weighted by molar-refractivity contribution is 6.31. The van der Waals surface area contributed by atoms with Crippen LogP contribution in [0.2, 0.25) is 5.02 Å². The Labute approximate surface area is 185 Å². The van der Waals surface area contributed by atoms with Crippen molar-refractivity contribution in [3.05, 3.63) is 101 Å². The first-order valence-electron chi connectivity index (χ1n) is 10.1. The number of carbonyl (C=O) groups excluding carboxylic acids is 1. The molecule has 2 aromatic carbocycles. The van der Waals surface area contributed by atoms with Gasteiger partial charge in [-0.1, -0.05) is 65.3 Å². The number of imidazole rings is 1. The molecule has 4 aromatic rings. The summed E-state index contributed by atoms with van der Waals surface area (Å²) in [5, 5.41) is 11.9. The second-order valence-electron chi connectivity index (χ2n) is 7.29. The van der Waals surface area contributed by atoms with Crippen LogP contribution in [0.3, 0.4) is 0 Å². The third-order valence-corrected chi connectivity index (χ3v) is 5.52. The van der Waals surface area contributed by atoms with Gasteiger partial charge in [0.1, 0.15) is 5.82 Å². The maximum absolute atomic E-state index is 12.9. The Kier molecular flexibility index (Phi) is 6.43. The van der Waals surface area contributed by atoms with Gasteiger partial charge in [-0.25, -0.2) is 9.67 Å². The summed E-state index contributed by atoms with van der Waals surface area (Å²) in [6, 6.07) is 17.3. The standard InChI is InChI=1S/C23H23ClN6O/c1-17-25-12-14-29(17)13-11-21(18-7-3-2-4-8-18)26-23(31)22-16-30(28-27-22)15-19-9-5-6-10-20(19)24/h2-10,12,14,16,21H,11,13,15H2,1H3,(H,26,31)/t21-/m1/s1. The van der Waals surface area contributed by atoms with Gasteiger partial charge in [-0.15, -0.1) is 5.10 Å². The van der Waals surface area contributed by atoms with Gasteiger partial charge in [0, 0.05) is 24.0 Å². The zero-order valence-corrected chi connectivity index (χ0v) is 17.9. The van der Waals surface area contributed by atoms with Crippen LogP contribution >= 0.6 is 11.6 Å². The highest BCUT2D eigenvalue weighted by Gasteiger charge is 2.18. The summed E-state index contributed by atoms with van der Waals surface area (Å²) in [5.74, 6) is 0.683. The van der Waals surface area contributed by atoms with Gasteiger partial charge in [0.15, 0.2) is 5.69 Å². The Morgan fingerprint density at radius 1 is 1.13 bits per heavy atom. The molecule has 1 N–H and O–H groups in total. The monoisotopic (exact) mass is 434 g/mol. The number of aromatic nitrogens is 5. The number of aryl methyl sites for hydroxylation is 2. The average molecular weight is 435 g/mol. The van der Waals surface area contributed by atoms with Crippen molar-refractivity contribution in [1.82, 2.24) is 29.9 Å². The molecule has 2 aromatic heterocycles. The summed E-state index contributed by atoms with van der Waals surface area (Å²) in [5.41, 5.74) is 2.22. The fraction of sp³-hybridized carbons (Fsp3) is 0.217. The molecular weight excluding hydrogens is 412 g/mol. The van der Waals surface area contributed by atoms with Gasteiger partial charge < -0.3 is 9.88 Å². The molecular formula is C23H23ClN6O. The number of rotatable bonds is 8. The second kappa shape index (κ2) is 9.57. The van der Waals surface area contributed by atoms with Crippen LogP contribution in [0.25, 0.3) is 0 Å². The molecule has 4 rings (SSSR count). The van der Waals surface area contributed by atoms with Crippen LogP contribution in [0, 0.1) is 6.92 Å². The third-order valence-electron chi connectivity index (χ3n) is 5.15. The minimum absolute atomic E-state index is 0.163. The van der Waals surface area contributed by atoms with Crippen molar-refractivity contribution in [2.45, 2.75) is 32.5 Å². The minimum Gasteiger partial charge on any atom is -0.344 e. The van der Waals surface area contributed by atoms with Crippen LogP contribution in [0.1, 0.15) is 39.9 Å². The molecule has 0 aliphatic rings. The lowest BCUT2D eigenvalue weighted by Gasteiger charge is -2.19. The van der Waals surface area contributed by atoms with Crippen LogP contribution in [0.4, 0.5) is 0 Å². The number of hydrogen-bond donors (Lipinski definition) is 1. The van der Waals surface area contributed by atoms with Crippen LogP contribution in [0.5, 0.6) is 0 Å². The number of amides is 1. The zero-order valence-electron chi connectivity index (χ0n) is 17.1. The fourth-order valence-corrected chi connectivity index (χ4v) is 3.62. The average Bonchev–Trinajstić information content (AvgIpc) is 3.42. The van der Waals surface area contributed by atoms with E-state index in [0.29, 0.717) is 11.6 Å². The molecule has 0 saturated heterocycles. The van der Waals surface area contributed by atoms with Crippen molar-refractivity contribution in [2.75, 3.05) is 0 Å². The molecule has 0 fully saturated rings. The van der Waals surface area contributed by atoms with E-state index in [1.54, 1.807) is 17.1 Å². The number of hydrogen-bond acceptors (Lipinski definition) is 4. The fourth-order valence-electron chi connectivity index (χ4n) is 3.43. The van der Waals surface area contributed by atoms with Crippen molar-refractivity contribution in [3.8, 4) is 0 Å². The molecule has 1 atom stereocenters. The van der Waals surface area contributed by atoms with Crippen molar-refractivity contribution in [3.63, 3.8) is 0 Å². The Balaban J connectivity index is 1.46. The molecule has 0 spiro atoms. The van der Waals surface area contributed by atoms with Gasteiger partial charge in [0.25, 0.3) is 5.91 Å². The molecule has 0 unspecified atom stereocenters. The first kappa shape index (κ1) is 20.8. The number of nitrogens with one attached hydrogen (secondary N) is 1. The lowest BCUT2D eigenvalue weighted by atomic mass is 10.0. The number of halogens is 1. The van der Waals surface area contributed by atoms with E-state index in [2.05, 4.69) is 25.2 Å². The van der Waals surface area contributed by atoms with Crippen molar-refractivity contribution in [1.29, 1.82) is 0 Å². The van der Waals surface area contributed by atoms with Gasteiger partial charge in [-0.05, 0) is 30.5 Å². The molecule has 0 aliphatic heterocycles. The van der Waals surface area contributed by atoms with Crippen LogP contribution in [0.15, 0.2) is 73.2 Å². The maximum Gasteiger partial charge on any atom is 0.273 e. The Morgan fingerprint density at radius 3 is 2.65 bits per heavy atom. The molecule has 8 heteroatoms. The Morgan fingerprint density at radius 2 is 1.90 bits per heavy atom. The van der Waals surface area contributed by atoms with E-state index in [4.69, 9.17) is 11.6 Å². The maximum atomic E-state index is 12.9. The van der Waals surface area contributed by atoms with Crippen molar-refractivity contribution in [2.24, 2.45) is 0 Å². The molecule has 0 saturated carbocycles. The van der Waals surface area contributed by atoms with E-state index < -0.39 is 0 Å². The first-order chi connectivity index (χ1) is 15.1. The van der Waals surface area contributed by atoms with E-state index in [1.165, 1.54) is 0 Å². The molecule has 0 bridgehead atoms. The minimum atomic E-state index is -0.262. The summed E-state index contributed by atoms with van der Waals surface area (Å²) >= 11 is 6.22. The molecule has 0 aliphatic carbocycles. The van der Waals surface area contributed by atoms with Crippen LogP contribution < -0.4 is 5.32 Å². The SMILES string of the molecule is Cc1nccn1CC[C@@H](NC(=O)c1cn(Cc2ccccc2Cl)nn1)c1ccccc1. The Hall–Kier alpha value is -3.45. The van der Waals surface area contributed by atoms with E-state index in [9.17, 15) is 4.79 Å². The molecule has 7 nitrogen and oxygen atoms in total. The summed E-state index contributed by atoms with van der Waals surface area (Å²) in [6.45, 7) is 3.15. The topological polar surface area (TPSA) is 77.6 Å². The van der Waals surface area contributed by atoms with Gasteiger partial charge in [-0.3, -0.25) is 4.79 Å². The van der Waals surface area contributed by atoms with E-state index in [0.717, 1.165) is 29.9 Å². The van der Waals surface area contributed by atoms with Crippen LogP contribution in [-0.2, 0) is 13.1 Å². The molecule has 0 radical (unpaired) electrons. The van der Waals surface area contributed by atoms with Gasteiger partial charge in [-0.2, -0.15) is 0 Å². The third kappa shape index (κ3) is 5.19. The first-order valence-corrected chi connectivity index (χ1v) is 10.4. The predicted molar refractivity (Wildman–Crippen MR) is 119 cm³/mol. The van der Waals surface area contributed by atoms with Crippen molar-refractivity contribution < 1.29 is 4.79 Å². The highest BCUT2D eigenvalue weighted by atomic mass is 35.5. The normalized spacial score (nSPS) is 11.9. The zero-order chi connectivity index (χ0) is 21.6. The largest absolute Gasteiger partial charge is 0.344 e. The predicted octanol–water partition coefficient (Wildman–Crippen LogP) is 4.05. The molecule has 2 heterocycles. The lowest BCUT2D eigenvalue weighted by Crippen LogP contribution is -2.29. The van der Waals surface area contributed by atoms with Crippen molar-refractivity contribution >= 4 is 17.5 Å². The lowest BCUT2D eigenvalue weighted by molar-refractivity contribution is 0.0928. The summed E-state index contributed by atoms with van der Waals surface area (Å²) in [7, 11) is 0. The van der Waals surface area contributed by atoms with Gasteiger partial charge in [0.2, 0.25) is 0 Å². The molecule has 158 valence electrons. The summed E-state index contributed by atoms with van der Waals surface area (Å²) < 4.78 is 3.68. The van der Waals surface area contributed by atoms with Gasteiger partial charge >= 0.3 is 0 Å². The smallest absolute Gasteiger partial charge is 0.273 e. The van der Waals surface area contributed by atoms with Gasteiger partial charge in [0.05, 0.1) is 18.8 Å². The quantitative estimate of drug-likeness (QED) is 0.454. The number of benzene rings is 2. The highest BCUT2D eigenvalue weighted by Crippen LogP contribution is 2.19. The summed E-state index contributed by atoms with van der Waals surface area (Å²) in [6.07, 6.45) is 6.09. The number of carbonyl (C=O) groups is 1. The Bertz CT molecular complexity index is 1150. The van der Waals surface area contributed by atoms with E-state index in [1.807, 2.05) is 67.7 Å². The number of nitrogens with zero attached hydrogens (tertiary/aromatic N) is 5. The second-order valence-corrected chi connectivity index (χ2v) is 7.69. The van der Waals surface area contributed by atoms with Crippen LogP contribution in [-0.4, -0.2) is 30.5 Å². The molecule has 1 amide bonds. The van der Waals surface area contributed by atoms with E-state index >= 15 is 0 Å². The van der Waals surface area contributed by atoms with E-state index in [-0.39, 0.29) is 17.6 Å². The molecule has 31 heavy (non-hydrogen) atoms.